The smallest absolute Gasteiger partial charge is 0.231 e. The summed E-state index contributed by atoms with van der Waals surface area (Å²) in [6.45, 7) is 0. The van der Waals surface area contributed by atoms with Crippen LogP contribution in [0.2, 0.25) is 5.22 Å². The summed E-state index contributed by atoms with van der Waals surface area (Å²) in [6.07, 6.45) is 3.11. The average Bonchev–Trinajstić information content (AvgIpc) is 2.73. The second-order valence-electron chi connectivity index (χ2n) is 2.84. The van der Waals surface area contributed by atoms with E-state index in [1.165, 1.54) is 18.3 Å². The van der Waals surface area contributed by atoms with Crippen LogP contribution in [-0.4, -0.2) is 15.6 Å². The lowest BCUT2D eigenvalue weighted by Gasteiger charge is -1.90. The molecule has 0 aliphatic rings. The Morgan fingerprint density at radius 1 is 1.57 bits per heavy atom. The summed E-state index contributed by atoms with van der Waals surface area (Å²) in [5, 5.41) is 4.10. The van der Waals surface area contributed by atoms with Crippen LogP contribution >= 0.6 is 11.6 Å². The number of ketones is 1. The van der Waals surface area contributed by atoms with E-state index in [1.54, 1.807) is 17.9 Å². The van der Waals surface area contributed by atoms with Gasteiger partial charge in [-0.1, -0.05) is 0 Å². The first-order valence-electron chi connectivity index (χ1n) is 3.95. The predicted octanol–water partition coefficient (Wildman–Crippen LogP) is 1.90. The number of aryl methyl sites for hydroxylation is 1. The Kier molecular flexibility index (Phi) is 2.13. The molecule has 0 saturated heterocycles. The fourth-order valence-corrected chi connectivity index (χ4v) is 1.26. The minimum atomic E-state index is -0.218. The van der Waals surface area contributed by atoms with Gasteiger partial charge in [0.05, 0.1) is 11.8 Å². The molecule has 0 N–H and O–H groups in total. The van der Waals surface area contributed by atoms with Crippen LogP contribution in [0.3, 0.4) is 0 Å². The summed E-state index contributed by atoms with van der Waals surface area (Å²) in [5.41, 5.74) is 0.485. The van der Waals surface area contributed by atoms with Gasteiger partial charge in [-0.05, 0) is 23.7 Å². The maximum Gasteiger partial charge on any atom is 0.231 e. The van der Waals surface area contributed by atoms with Crippen molar-refractivity contribution in [1.29, 1.82) is 0 Å². The molecule has 0 unspecified atom stereocenters. The van der Waals surface area contributed by atoms with Gasteiger partial charge in [0.15, 0.2) is 11.0 Å². The molecule has 0 aliphatic carbocycles. The first-order chi connectivity index (χ1) is 6.66. The highest BCUT2D eigenvalue weighted by molar-refractivity contribution is 6.29. The van der Waals surface area contributed by atoms with Crippen molar-refractivity contribution in [1.82, 2.24) is 9.78 Å². The topological polar surface area (TPSA) is 48.0 Å². The highest BCUT2D eigenvalue weighted by Crippen LogP contribution is 2.16. The van der Waals surface area contributed by atoms with E-state index in [0.29, 0.717) is 5.56 Å². The van der Waals surface area contributed by atoms with Crippen LogP contribution in [0.4, 0.5) is 0 Å². The molecule has 0 radical (unpaired) electrons. The molecule has 0 aromatic carbocycles. The van der Waals surface area contributed by atoms with Crippen LogP contribution in [-0.2, 0) is 7.05 Å². The number of hydrogen-bond acceptors (Lipinski definition) is 3. The van der Waals surface area contributed by atoms with Gasteiger partial charge in [-0.3, -0.25) is 9.48 Å². The Labute approximate surface area is 85.1 Å². The van der Waals surface area contributed by atoms with E-state index in [0.717, 1.165) is 0 Å². The van der Waals surface area contributed by atoms with Gasteiger partial charge in [0, 0.05) is 13.2 Å². The third kappa shape index (κ3) is 1.56. The van der Waals surface area contributed by atoms with Gasteiger partial charge < -0.3 is 4.42 Å². The first kappa shape index (κ1) is 9.02. The molecule has 5 heteroatoms. The van der Waals surface area contributed by atoms with Crippen molar-refractivity contribution in [3.05, 3.63) is 41.1 Å². The number of carbonyl (C=O) groups is 1. The van der Waals surface area contributed by atoms with Crippen LogP contribution in [0.25, 0.3) is 0 Å². The Balaban J connectivity index is 2.33. The van der Waals surface area contributed by atoms with Crippen molar-refractivity contribution in [2.75, 3.05) is 0 Å². The van der Waals surface area contributed by atoms with Gasteiger partial charge in [-0.15, -0.1) is 0 Å². The largest absolute Gasteiger partial charge is 0.441 e. The number of rotatable bonds is 2. The molecule has 0 amide bonds. The quantitative estimate of drug-likeness (QED) is 0.712. The van der Waals surface area contributed by atoms with Crippen molar-refractivity contribution >= 4 is 17.4 Å². The second kappa shape index (κ2) is 3.31. The lowest BCUT2D eigenvalue weighted by Crippen LogP contribution is -1.97. The second-order valence-corrected chi connectivity index (χ2v) is 3.21. The predicted molar refractivity (Wildman–Crippen MR) is 50.4 cm³/mol. The van der Waals surface area contributed by atoms with E-state index in [1.807, 2.05) is 0 Å². The van der Waals surface area contributed by atoms with Gasteiger partial charge in [0.2, 0.25) is 5.78 Å². The zero-order valence-corrected chi connectivity index (χ0v) is 8.15. The Morgan fingerprint density at radius 2 is 2.36 bits per heavy atom. The summed E-state index contributed by atoms with van der Waals surface area (Å²) in [5.74, 6) is 0.00741. The zero-order valence-electron chi connectivity index (χ0n) is 7.40. The van der Waals surface area contributed by atoms with E-state index in [-0.39, 0.29) is 16.8 Å². The normalized spacial score (nSPS) is 10.4. The number of aromatic nitrogens is 2. The fourth-order valence-electron chi connectivity index (χ4n) is 1.12. The van der Waals surface area contributed by atoms with Crippen molar-refractivity contribution in [3.63, 3.8) is 0 Å². The van der Waals surface area contributed by atoms with Crippen molar-refractivity contribution < 1.29 is 9.21 Å². The molecule has 0 atom stereocenters. The summed E-state index contributed by atoms with van der Waals surface area (Å²) in [7, 11) is 1.74. The van der Waals surface area contributed by atoms with Gasteiger partial charge in [0.1, 0.15) is 0 Å². The molecule has 0 fully saturated rings. The summed E-state index contributed by atoms with van der Waals surface area (Å²) < 4.78 is 6.54. The van der Waals surface area contributed by atoms with Gasteiger partial charge in [0.25, 0.3) is 0 Å². The molecule has 0 aliphatic heterocycles. The van der Waals surface area contributed by atoms with Gasteiger partial charge in [-0.2, -0.15) is 5.10 Å². The third-order valence-corrected chi connectivity index (χ3v) is 1.97. The number of halogens is 1. The SMILES string of the molecule is Cn1cc(C(=O)c2ccc(Cl)o2)cn1. The highest BCUT2D eigenvalue weighted by atomic mass is 35.5. The fraction of sp³-hybridized carbons (Fsp3) is 0.111. The van der Waals surface area contributed by atoms with Gasteiger partial charge in [-0.25, -0.2) is 0 Å². The number of hydrogen-bond donors (Lipinski definition) is 0. The third-order valence-electron chi connectivity index (χ3n) is 1.76. The molecule has 4 nitrogen and oxygen atoms in total. The molecule has 14 heavy (non-hydrogen) atoms. The standard InChI is InChI=1S/C9H7ClN2O2/c1-12-5-6(4-11-12)9(13)7-2-3-8(10)14-7/h2-5H,1H3. The van der Waals surface area contributed by atoms with E-state index < -0.39 is 0 Å². The van der Waals surface area contributed by atoms with Crippen LogP contribution in [0.1, 0.15) is 16.1 Å². The zero-order chi connectivity index (χ0) is 10.1. The highest BCUT2D eigenvalue weighted by Gasteiger charge is 2.14. The molecular formula is C9H7ClN2O2. The Hall–Kier alpha value is -1.55. The maximum absolute atomic E-state index is 11.7. The molecule has 2 heterocycles. The summed E-state index contributed by atoms with van der Waals surface area (Å²) >= 11 is 5.56. The van der Waals surface area contributed by atoms with Gasteiger partial charge >= 0.3 is 0 Å². The van der Waals surface area contributed by atoms with Crippen molar-refractivity contribution in [2.45, 2.75) is 0 Å². The van der Waals surface area contributed by atoms with Crippen LogP contribution < -0.4 is 0 Å². The van der Waals surface area contributed by atoms with E-state index >= 15 is 0 Å². The van der Waals surface area contributed by atoms with Crippen molar-refractivity contribution in [3.8, 4) is 0 Å². The lowest BCUT2D eigenvalue weighted by molar-refractivity contribution is 0.101. The number of nitrogens with zero attached hydrogens (tertiary/aromatic N) is 2. The van der Waals surface area contributed by atoms with Crippen molar-refractivity contribution in [2.24, 2.45) is 7.05 Å². The molecule has 72 valence electrons. The molecule has 2 rings (SSSR count). The van der Waals surface area contributed by atoms with E-state index in [2.05, 4.69) is 5.10 Å². The molecule has 0 bridgehead atoms. The average molecular weight is 211 g/mol. The van der Waals surface area contributed by atoms with E-state index in [4.69, 9.17) is 16.0 Å². The molecule has 2 aromatic heterocycles. The lowest BCUT2D eigenvalue weighted by atomic mass is 10.2. The molecule has 0 saturated carbocycles. The van der Waals surface area contributed by atoms with Crippen LogP contribution in [0.15, 0.2) is 28.9 Å². The maximum atomic E-state index is 11.7. The Bertz CT molecular complexity index is 430. The monoisotopic (exact) mass is 210 g/mol. The summed E-state index contributed by atoms with van der Waals surface area (Å²) in [6, 6.07) is 3.07. The van der Waals surface area contributed by atoms with E-state index in [9.17, 15) is 4.79 Å². The molecular weight excluding hydrogens is 204 g/mol. The number of carbonyl (C=O) groups excluding carboxylic acids is 1. The number of furan rings is 1. The minimum Gasteiger partial charge on any atom is -0.441 e. The molecule has 2 aromatic rings. The van der Waals surface area contributed by atoms with Crippen LogP contribution in [0.5, 0.6) is 0 Å². The summed E-state index contributed by atoms with van der Waals surface area (Å²) in [4.78, 5) is 11.7. The van der Waals surface area contributed by atoms with Crippen LogP contribution in [0, 0.1) is 0 Å². The first-order valence-corrected chi connectivity index (χ1v) is 4.33. The Morgan fingerprint density at radius 3 is 2.86 bits per heavy atom. The molecule has 0 spiro atoms. The minimum absolute atomic E-state index is 0.206.